The van der Waals surface area contributed by atoms with Crippen LogP contribution >= 0.6 is 0 Å². The predicted octanol–water partition coefficient (Wildman–Crippen LogP) is 10.4. The van der Waals surface area contributed by atoms with E-state index in [1.807, 2.05) is 47.6 Å². The summed E-state index contributed by atoms with van der Waals surface area (Å²) in [7, 11) is 0.511. The van der Waals surface area contributed by atoms with Gasteiger partial charge < -0.3 is 42.6 Å². The summed E-state index contributed by atoms with van der Waals surface area (Å²) >= 11 is 0. The van der Waals surface area contributed by atoms with Crippen LogP contribution < -0.4 is 28.7 Å². The highest BCUT2D eigenvalue weighted by atomic mass is 28.4. The zero-order chi connectivity index (χ0) is 52.5. The van der Waals surface area contributed by atoms with Gasteiger partial charge in [0.2, 0.25) is 0 Å². The van der Waals surface area contributed by atoms with Crippen LogP contribution in [0.5, 0.6) is 23.0 Å². The Morgan fingerprint density at radius 2 is 1.45 bits per heavy atom. The number of methoxy groups -OCH3 is 2. The maximum Gasteiger partial charge on any atom is 0.416 e. The Hall–Kier alpha value is -7.05. The quantitative estimate of drug-likeness (QED) is 0.0527. The fourth-order valence-corrected chi connectivity index (χ4v) is 11.3. The van der Waals surface area contributed by atoms with Crippen LogP contribution in [-0.4, -0.2) is 124 Å². The first-order valence-corrected chi connectivity index (χ1v) is 28.4. The zero-order valence-corrected chi connectivity index (χ0v) is 44.6. The molecule has 1 unspecified atom stereocenters. The van der Waals surface area contributed by atoms with Crippen molar-refractivity contribution in [3.8, 4) is 28.7 Å². The van der Waals surface area contributed by atoms with Gasteiger partial charge in [0.1, 0.15) is 13.2 Å². The first-order chi connectivity index (χ1) is 35.5. The third-order valence-electron chi connectivity index (χ3n) is 15.3. The number of amides is 4. The number of nitrogens with zero attached hydrogens (tertiary/aromatic N) is 6. The number of fused-ring (bicyclic) bond motifs is 4. The number of rotatable bonds is 18. The lowest BCUT2D eigenvalue weighted by Crippen LogP contribution is -2.58. The van der Waals surface area contributed by atoms with Gasteiger partial charge in [0, 0.05) is 37.3 Å². The third-order valence-corrected chi connectivity index (χ3v) is 19.7. The lowest BCUT2D eigenvalue weighted by atomic mass is 10.0. The molecule has 0 radical (unpaired) electrons. The molecule has 1 aliphatic carbocycles. The average molecular weight is 1030 g/mol. The Morgan fingerprint density at radius 1 is 0.824 bits per heavy atom. The number of hydrogen-bond acceptors (Lipinski definition) is 12. The van der Waals surface area contributed by atoms with E-state index in [9.17, 15) is 19.2 Å². The minimum absolute atomic E-state index is 0.00302. The number of ether oxygens (including phenoxy) is 6. The standard InChI is InChI=1S/C56H68N6O11Si/c1-10-24-71-53(65)59-35-40-28-38(37-16-18-39(19-17-37)61-23-15-22-57-61)34-58(40)50(63)41-29-46(67-6)48(31-43(41)59)69-26-13-12-14-27-70-49-32-44-42(30-47(49)68-7)51(64)60-36-56(20-21-56)33-45(60)52(62(44)54(66)72-25-11-2)73-74(8,9)55(3,4)5/h10-11,15-19,22-23,29-32,34,40,45,52H,1-2,12-14,20-21,24-28,33,35-36H2,3-9H3/t40-,45-,52?/m0/s1. The second-order valence-electron chi connectivity index (χ2n) is 21.2. The Kier molecular flexibility index (Phi) is 14.7. The molecule has 2 fully saturated rings. The van der Waals surface area contributed by atoms with E-state index in [1.54, 1.807) is 40.0 Å². The number of hydrogen-bond donors (Lipinski definition) is 0. The molecule has 1 saturated carbocycles. The molecule has 1 aromatic heterocycles. The largest absolute Gasteiger partial charge is 0.493 e. The monoisotopic (exact) mass is 1030 g/mol. The summed E-state index contributed by atoms with van der Waals surface area (Å²) in [5.41, 5.74) is 4.15. The summed E-state index contributed by atoms with van der Waals surface area (Å²) in [4.78, 5) is 63.7. The molecule has 0 bridgehead atoms. The molecule has 5 aliphatic rings. The van der Waals surface area contributed by atoms with Crippen molar-refractivity contribution in [1.82, 2.24) is 19.6 Å². The highest BCUT2D eigenvalue weighted by Gasteiger charge is 2.60. The molecule has 4 amide bonds. The number of benzene rings is 3. The van der Waals surface area contributed by atoms with Crippen LogP contribution in [0.3, 0.4) is 0 Å². The number of aromatic nitrogens is 2. The van der Waals surface area contributed by atoms with Gasteiger partial charge in [0.05, 0.1) is 74.3 Å². The zero-order valence-electron chi connectivity index (χ0n) is 43.6. The van der Waals surface area contributed by atoms with Crippen LogP contribution in [-0.2, 0) is 13.9 Å². The van der Waals surface area contributed by atoms with Gasteiger partial charge in [-0.2, -0.15) is 5.10 Å². The smallest absolute Gasteiger partial charge is 0.416 e. The first-order valence-electron chi connectivity index (χ1n) is 25.4. The van der Waals surface area contributed by atoms with Crippen molar-refractivity contribution in [3.05, 3.63) is 115 Å². The SMILES string of the molecule is C=CCOC(=O)N1C[C@@H]2CC(c3ccc(-n4cccn4)cc3)=CN2C(=O)c2cc(OC)c(OCCCCCOc3cc4c(cc3OC)C(=O)N3CC5(CC5)C[C@H]3C(O[Si](C)(C)C(C)(C)C)N4C(=O)OCC=C)cc21. The first kappa shape index (κ1) is 51.8. The predicted molar refractivity (Wildman–Crippen MR) is 283 cm³/mol. The van der Waals surface area contributed by atoms with E-state index in [0.29, 0.717) is 85.4 Å². The fraction of sp³-hybridized carbons (Fsp3) is 0.446. The van der Waals surface area contributed by atoms with Crippen LogP contribution in [0.2, 0.25) is 18.1 Å². The summed E-state index contributed by atoms with van der Waals surface area (Å²) < 4.78 is 44.6. The van der Waals surface area contributed by atoms with Crippen LogP contribution in [0, 0.1) is 5.41 Å². The highest BCUT2D eigenvalue weighted by molar-refractivity contribution is 6.74. The summed E-state index contributed by atoms with van der Waals surface area (Å²) in [5, 5.41) is 4.13. The Bertz CT molecular complexity index is 2820. The number of unbranched alkanes of at least 4 members (excludes halogenated alkanes) is 2. The van der Waals surface area contributed by atoms with Gasteiger partial charge in [0.15, 0.2) is 37.5 Å². The Morgan fingerprint density at radius 3 is 2.03 bits per heavy atom. The van der Waals surface area contributed by atoms with Crippen molar-refractivity contribution in [2.45, 2.75) is 102 Å². The van der Waals surface area contributed by atoms with E-state index in [1.165, 1.54) is 36.2 Å². The number of carbonyl (C=O) groups excluding carboxylic acids is 4. The normalized spacial score (nSPS) is 19.6. The molecule has 74 heavy (non-hydrogen) atoms. The third kappa shape index (κ3) is 10.3. The van der Waals surface area contributed by atoms with Gasteiger partial charge in [0.25, 0.3) is 11.8 Å². The van der Waals surface area contributed by atoms with Gasteiger partial charge in [-0.3, -0.25) is 14.5 Å². The molecule has 18 heteroatoms. The molecular formula is C56H68N6O11Si. The molecular weight excluding hydrogens is 961 g/mol. The summed E-state index contributed by atoms with van der Waals surface area (Å²) in [6.45, 7) is 19.6. The molecule has 17 nitrogen and oxygen atoms in total. The van der Waals surface area contributed by atoms with Crippen LogP contribution in [0.15, 0.2) is 98.5 Å². The summed E-state index contributed by atoms with van der Waals surface area (Å²) in [6.07, 6.45) is 11.7. The van der Waals surface area contributed by atoms with Crippen LogP contribution in [0.4, 0.5) is 21.0 Å². The van der Waals surface area contributed by atoms with Crippen molar-refractivity contribution in [3.63, 3.8) is 0 Å². The van der Waals surface area contributed by atoms with Gasteiger partial charge in [-0.1, -0.05) is 58.2 Å². The number of anilines is 2. The molecule has 4 aliphatic heterocycles. The number of carbonyl (C=O) groups is 4. The molecule has 0 N–H and O–H groups in total. The molecule has 1 spiro atoms. The molecule has 392 valence electrons. The molecule has 3 atom stereocenters. The van der Waals surface area contributed by atoms with E-state index >= 15 is 0 Å². The van der Waals surface area contributed by atoms with E-state index in [2.05, 4.69) is 52.1 Å². The van der Waals surface area contributed by atoms with E-state index in [0.717, 1.165) is 36.1 Å². The van der Waals surface area contributed by atoms with Gasteiger partial charge in [-0.05, 0) is 110 Å². The van der Waals surface area contributed by atoms with Crippen LogP contribution in [0.25, 0.3) is 11.3 Å². The summed E-state index contributed by atoms with van der Waals surface area (Å²) in [5.74, 6) is 0.992. The lowest BCUT2D eigenvalue weighted by molar-refractivity contribution is 0.0528. The van der Waals surface area contributed by atoms with E-state index in [-0.39, 0.29) is 59.7 Å². The van der Waals surface area contributed by atoms with Crippen molar-refractivity contribution >= 4 is 49.3 Å². The Labute approximate surface area is 434 Å². The van der Waals surface area contributed by atoms with Crippen molar-refractivity contribution < 1.29 is 52.0 Å². The topological polar surface area (TPSA) is 164 Å². The maximum atomic E-state index is 14.6. The van der Waals surface area contributed by atoms with Gasteiger partial charge in [-0.25, -0.2) is 19.2 Å². The second-order valence-corrected chi connectivity index (χ2v) is 26.0. The minimum atomic E-state index is -2.53. The minimum Gasteiger partial charge on any atom is -0.493 e. The highest BCUT2D eigenvalue weighted by Crippen LogP contribution is 2.58. The Balaban J connectivity index is 0.893. The van der Waals surface area contributed by atoms with Gasteiger partial charge in [-0.15, -0.1) is 0 Å². The average Bonchev–Trinajstić information content (AvgIpc) is 3.69. The molecule has 5 heterocycles. The van der Waals surface area contributed by atoms with E-state index in [4.69, 9.17) is 32.8 Å². The van der Waals surface area contributed by atoms with Crippen LogP contribution in [0.1, 0.15) is 92.0 Å². The molecule has 1 saturated heterocycles. The molecule has 3 aromatic carbocycles. The second kappa shape index (κ2) is 21.1. The van der Waals surface area contributed by atoms with E-state index < -0.39 is 26.7 Å². The van der Waals surface area contributed by atoms with Crippen molar-refractivity contribution in [1.29, 1.82) is 0 Å². The fourth-order valence-electron chi connectivity index (χ4n) is 10.1. The van der Waals surface area contributed by atoms with Gasteiger partial charge >= 0.3 is 12.2 Å². The maximum absolute atomic E-state index is 14.6. The lowest BCUT2D eigenvalue weighted by Gasteiger charge is -2.44. The molecule has 4 aromatic rings. The molecule has 9 rings (SSSR count). The van der Waals surface area contributed by atoms with Crippen molar-refractivity contribution in [2.24, 2.45) is 5.41 Å². The summed E-state index contributed by atoms with van der Waals surface area (Å²) in [6, 6.07) is 15.8. The van der Waals surface area contributed by atoms with Crippen molar-refractivity contribution in [2.75, 3.05) is 63.5 Å².